The summed E-state index contributed by atoms with van der Waals surface area (Å²) in [7, 11) is 3.40. The minimum atomic E-state index is -0.229. The average Bonchev–Trinajstić information content (AvgIpc) is 3.34. The van der Waals surface area contributed by atoms with E-state index in [1.54, 1.807) is 18.3 Å². The average molecular weight is 486 g/mol. The van der Waals surface area contributed by atoms with Crippen LogP contribution in [-0.4, -0.2) is 60.0 Å². The Morgan fingerprint density at radius 3 is 2.58 bits per heavy atom. The van der Waals surface area contributed by atoms with Gasteiger partial charge >= 0.3 is 0 Å². The number of hydrogen-bond donors (Lipinski definition) is 1. The third-order valence-corrected chi connectivity index (χ3v) is 7.35. The molecule has 1 aromatic carbocycles. The highest BCUT2D eigenvalue weighted by Crippen LogP contribution is 2.33. The summed E-state index contributed by atoms with van der Waals surface area (Å²) in [5.41, 5.74) is 4.42. The lowest BCUT2D eigenvalue weighted by atomic mass is 10.00. The number of methoxy groups -OCH3 is 1. The molecule has 3 aromatic rings. The summed E-state index contributed by atoms with van der Waals surface area (Å²) >= 11 is 0. The zero-order valence-electron chi connectivity index (χ0n) is 20.7. The van der Waals surface area contributed by atoms with Gasteiger partial charge in [0.05, 0.1) is 13.2 Å². The molecule has 2 amide bonds. The lowest BCUT2D eigenvalue weighted by molar-refractivity contribution is 0.0709. The maximum absolute atomic E-state index is 13.4. The van der Waals surface area contributed by atoms with E-state index in [0.717, 1.165) is 44.3 Å². The Bertz CT molecular complexity index is 1240. The first-order valence-corrected chi connectivity index (χ1v) is 12.4. The number of piperidine rings is 1. The van der Waals surface area contributed by atoms with Crippen molar-refractivity contribution in [2.75, 3.05) is 32.1 Å². The second-order valence-corrected chi connectivity index (χ2v) is 9.38. The van der Waals surface area contributed by atoms with Crippen LogP contribution < -0.4 is 15.0 Å². The van der Waals surface area contributed by atoms with Gasteiger partial charge in [-0.25, -0.2) is 4.98 Å². The lowest BCUT2D eigenvalue weighted by Crippen LogP contribution is -2.45. The predicted molar refractivity (Wildman–Crippen MR) is 137 cm³/mol. The van der Waals surface area contributed by atoms with Crippen molar-refractivity contribution < 1.29 is 14.3 Å². The van der Waals surface area contributed by atoms with Crippen LogP contribution in [0, 0.1) is 0 Å². The molecule has 1 fully saturated rings. The number of carbonyl (C=O) groups excluding carboxylic acids is 2. The molecule has 0 spiro atoms. The molecule has 1 aliphatic heterocycles. The van der Waals surface area contributed by atoms with Crippen molar-refractivity contribution in [1.82, 2.24) is 20.2 Å². The fourth-order valence-corrected chi connectivity index (χ4v) is 5.28. The number of amides is 2. The van der Waals surface area contributed by atoms with Crippen molar-refractivity contribution in [3.63, 3.8) is 0 Å². The van der Waals surface area contributed by atoms with Gasteiger partial charge < -0.3 is 19.9 Å². The number of benzene rings is 1. The maximum atomic E-state index is 13.4. The van der Waals surface area contributed by atoms with E-state index >= 15 is 0 Å². The fraction of sp³-hybridized carbons (Fsp3) is 0.357. The van der Waals surface area contributed by atoms with E-state index in [4.69, 9.17) is 4.74 Å². The Morgan fingerprint density at radius 1 is 1.06 bits per heavy atom. The summed E-state index contributed by atoms with van der Waals surface area (Å²) in [6, 6.07) is 13.4. The molecule has 36 heavy (non-hydrogen) atoms. The largest absolute Gasteiger partial charge is 0.480 e. The van der Waals surface area contributed by atoms with Gasteiger partial charge in [0.1, 0.15) is 5.56 Å². The molecule has 0 saturated carbocycles. The van der Waals surface area contributed by atoms with E-state index in [9.17, 15) is 9.59 Å². The van der Waals surface area contributed by atoms with Gasteiger partial charge in [-0.1, -0.05) is 6.07 Å². The van der Waals surface area contributed by atoms with Crippen LogP contribution >= 0.6 is 0 Å². The summed E-state index contributed by atoms with van der Waals surface area (Å²) in [5.74, 6) is 0.0902. The first-order valence-electron chi connectivity index (χ1n) is 12.4. The SMILES string of the molecule is COc1ncccc1C(=O)N[C@@H]1CCc2ccc(C(=O)N(C)C3CCN(c4ccncc4)CC3)cc21. The molecule has 1 atom stereocenters. The van der Waals surface area contributed by atoms with Crippen LogP contribution in [0.5, 0.6) is 5.88 Å². The molecule has 5 rings (SSSR count). The van der Waals surface area contributed by atoms with Crippen molar-refractivity contribution in [1.29, 1.82) is 0 Å². The number of aryl methyl sites for hydroxylation is 1. The van der Waals surface area contributed by atoms with Gasteiger partial charge in [0.2, 0.25) is 5.88 Å². The number of ether oxygens (including phenoxy) is 1. The molecule has 1 saturated heterocycles. The fourth-order valence-electron chi connectivity index (χ4n) is 5.28. The number of fused-ring (bicyclic) bond motifs is 1. The number of nitrogens with zero attached hydrogens (tertiary/aromatic N) is 4. The van der Waals surface area contributed by atoms with Crippen LogP contribution in [0.4, 0.5) is 5.69 Å². The van der Waals surface area contributed by atoms with E-state index in [1.165, 1.54) is 18.4 Å². The molecule has 1 N–H and O–H groups in total. The second-order valence-electron chi connectivity index (χ2n) is 9.38. The van der Waals surface area contributed by atoms with E-state index in [1.807, 2.05) is 54.7 Å². The van der Waals surface area contributed by atoms with Crippen LogP contribution in [0.15, 0.2) is 61.1 Å². The molecule has 1 aliphatic carbocycles. The highest BCUT2D eigenvalue weighted by molar-refractivity contribution is 5.97. The van der Waals surface area contributed by atoms with Gasteiger partial charge in [0.25, 0.3) is 11.8 Å². The Morgan fingerprint density at radius 2 is 1.83 bits per heavy atom. The molecule has 2 aliphatic rings. The van der Waals surface area contributed by atoms with Crippen molar-refractivity contribution in [2.24, 2.45) is 0 Å². The molecule has 3 heterocycles. The summed E-state index contributed by atoms with van der Waals surface area (Å²) in [5, 5.41) is 3.11. The number of carbonyl (C=O) groups is 2. The monoisotopic (exact) mass is 485 g/mol. The quantitative estimate of drug-likeness (QED) is 0.574. The van der Waals surface area contributed by atoms with E-state index in [-0.39, 0.29) is 23.9 Å². The van der Waals surface area contributed by atoms with Gasteiger partial charge in [-0.3, -0.25) is 14.6 Å². The van der Waals surface area contributed by atoms with Crippen molar-refractivity contribution in [3.8, 4) is 5.88 Å². The van der Waals surface area contributed by atoms with Gasteiger partial charge in [-0.15, -0.1) is 0 Å². The summed E-state index contributed by atoms with van der Waals surface area (Å²) < 4.78 is 5.24. The molecule has 0 unspecified atom stereocenters. The van der Waals surface area contributed by atoms with Gasteiger partial charge in [-0.2, -0.15) is 0 Å². The van der Waals surface area contributed by atoms with Crippen LogP contribution in [0.1, 0.15) is 57.1 Å². The normalized spacial score (nSPS) is 17.4. The first kappa shape index (κ1) is 23.8. The minimum Gasteiger partial charge on any atom is -0.480 e. The van der Waals surface area contributed by atoms with Gasteiger partial charge in [0.15, 0.2) is 0 Å². The Hall–Kier alpha value is -3.94. The zero-order chi connectivity index (χ0) is 25.1. The number of pyridine rings is 2. The Balaban J connectivity index is 1.25. The maximum Gasteiger partial charge on any atom is 0.257 e. The zero-order valence-corrected chi connectivity index (χ0v) is 20.7. The number of anilines is 1. The number of aromatic nitrogens is 2. The smallest absolute Gasteiger partial charge is 0.257 e. The van der Waals surface area contributed by atoms with E-state index < -0.39 is 0 Å². The number of nitrogens with one attached hydrogen (secondary N) is 1. The molecule has 0 bridgehead atoms. The molecular formula is C28H31N5O3. The van der Waals surface area contributed by atoms with Crippen molar-refractivity contribution in [3.05, 3.63) is 83.3 Å². The van der Waals surface area contributed by atoms with E-state index in [2.05, 4.69) is 20.2 Å². The number of hydrogen-bond acceptors (Lipinski definition) is 6. The highest BCUT2D eigenvalue weighted by Gasteiger charge is 2.29. The topological polar surface area (TPSA) is 87.7 Å². The number of rotatable bonds is 6. The molecule has 8 nitrogen and oxygen atoms in total. The van der Waals surface area contributed by atoms with Gasteiger partial charge in [-0.05, 0) is 73.2 Å². The summed E-state index contributed by atoms with van der Waals surface area (Å²) in [4.78, 5) is 38.8. The minimum absolute atomic E-state index is 0.0195. The van der Waals surface area contributed by atoms with Crippen LogP contribution in [0.25, 0.3) is 0 Å². The summed E-state index contributed by atoms with van der Waals surface area (Å²) in [6.07, 6.45) is 8.72. The van der Waals surface area contributed by atoms with Crippen LogP contribution in [0.2, 0.25) is 0 Å². The Labute approximate surface area is 211 Å². The second kappa shape index (κ2) is 10.4. The summed E-state index contributed by atoms with van der Waals surface area (Å²) in [6.45, 7) is 1.81. The van der Waals surface area contributed by atoms with Crippen molar-refractivity contribution in [2.45, 2.75) is 37.8 Å². The first-order chi connectivity index (χ1) is 17.5. The Kier molecular flexibility index (Phi) is 6.84. The molecule has 8 heteroatoms. The van der Waals surface area contributed by atoms with Crippen LogP contribution in [-0.2, 0) is 6.42 Å². The van der Waals surface area contributed by atoms with Crippen molar-refractivity contribution >= 4 is 17.5 Å². The lowest BCUT2D eigenvalue weighted by Gasteiger charge is -2.38. The third-order valence-electron chi connectivity index (χ3n) is 7.35. The third kappa shape index (κ3) is 4.76. The molecule has 0 radical (unpaired) electrons. The van der Waals surface area contributed by atoms with Crippen LogP contribution in [0.3, 0.4) is 0 Å². The molecule has 2 aromatic heterocycles. The molecular weight excluding hydrogens is 454 g/mol. The van der Waals surface area contributed by atoms with E-state index in [0.29, 0.717) is 17.0 Å². The molecule has 186 valence electrons. The van der Waals surface area contributed by atoms with Gasteiger partial charge in [0, 0.05) is 56.0 Å². The predicted octanol–water partition coefficient (Wildman–Crippen LogP) is 3.64. The standard InChI is InChI=1S/C28H31N5O3/c1-32(21-11-16-33(17-12-21)22-9-14-29-15-10-22)28(35)20-6-5-19-7-8-25(24(19)18-20)31-26(34)23-4-3-13-30-27(23)36-2/h3-6,9-10,13-15,18,21,25H,7-8,11-12,16-17H2,1-2H3,(H,31,34)/t25-/m1/s1. The highest BCUT2D eigenvalue weighted by atomic mass is 16.5.